The lowest BCUT2D eigenvalue weighted by Gasteiger charge is -2.31. The number of carbonyl (C=O) groups excluding carboxylic acids is 5. The SMILES string of the molecule is CNCCCC[C@H](NC(=O)[C@@H]1CCCN1C(=O)[C@H](CC(C)C)NC(=O)[C@H](Cc1ccccc1)NC(=O)OC(C)(C)C)C(=O)OC. The Morgan fingerprint density at radius 1 is 0.956 bits per heavy atom. The van der Waals surface area contributed by atoms with Gasteiger partial charge in [0.15, 0.2) is 0 Å². The number of rotatable bonds is 16. The highest BCUT2D eigenvalue weighted by atomic mass is 16.6. The highest BCUT2D eigenvalue weighted by molar-refractivity contribution is 5.95. The molecule has 0 saturated carbocycles. The van der Waals surface area contributed by atoms with Crippen LogP contribution in [-0.4, -0.2) is 91.7 Å². The number of ether oxygens (including phenoxy) is 2. The molecule has 0 spiro atoms. The van der Waals surface area contributed by atoms with Crippen molar-refractivity contribution >= 4 is 29.8 Å². The number of hydrogen-bond acceptors (Lipinski definition) is 8. The van der Waals surface area contributed by atoms with Crippen LogP contribution in [0.4, 0.5) is 4.79 Å². The molecule has 0 bridgehead atoms. The van der Waals surface area contributed by atoms with E-state index in [1.54, 1.807) is 20.8 Å². The molecule has 1 aliphatic heterocycles. The van der Waals surface area contributed by atoms with Gasteiger partial charge in [-0.3, -0.25) is 14.4 Å². The first-order valence-corrected chi connectivity index (χ1v) is 15.9. The summed E-state index contributed by atoms with van der Waals surface area (Å²) in [5.41, 5.74) is 0.0571. The molecule has 252 valence electrons. The summed E-state index contributed by atoms with van der Waals surface area (Å²) in [7, 11) is 3.13. The van der Waals surface area contributed by atoms with Crippen molar-refractivity contribution in [1.82, 2.24) is 26.2 Å². The summed E-state index contributed by atoms with van der Waals surface area (Å²) in [6.45, 7) is 10.2. The number of methoxy groups -OCH3 is 1. The zero-order valence-electron chi connectivity index (χ0n) is 27.9. The summed E-state index contributed by atoms with van der Waals surface area (Å²) in [5.74, 6) is -1.82. The minimum Gasteiger partial charge on any atom is -0.467 e. The molecule has 12 nitrogen and oxygen atoms in total. The van der Waals surface area contributed by atoms with E-state index < -0.39 is 53.6 Å². The molecule has 12 heteroatoms. The predicted molar refractivity (Wildman–Crippen MR) is 171 cm³/mol. The first kappa shape index (κ1) is 37.5. The van der Waals surface area contributed by atoms with Crippen molar-refractivity contribution in [3.05, 3.63) is 35.9 Å². The number of benzene rings is 1. The van der Waals surface area contributed by atoms with Crippen molar-refractivity contribution in [2.75, 3.05) is 27.2 Å². The maximum Gasteiger partial charge on any atom is 0.408 e. The van der Waals surface area contributed by atoms with Gasteiger partial charge in [-0.1, -0.05) is 44.2 Å². The van der Waals surface area contributed by atoms with Crippen LogP contribution in [0, 0.1) is 5.92 Å². The minimum atomic E-state index is -1.01. The lowest BCUT2D eigenvalue weighted by atomic mass is 10.00. The number of carbonyl (C=O) groups is 5. The first-order chi connectivity index (χ1) is 21.2. The Kier molecular flexibility index (Phi) is 15.3. The lowest BCUT2D eigenvalue weighted by Crippen LogP contribution is -2.58. The molecule has 1 heterocycles. The molecule has 4 atom stereocenters. The van der Waals surface area contributed by atoms with Crippen LogP contribution < -0.4 is 21.3 Å². The molecule has 4 N–H and O–H groups in total. The number of nitrogens with zero attached hydrogens (tertiary/aromatic N) is 1. The maximum absolute atomic E-state index is 14.0. The van der Waals surface area contributed by atoms with Gasteiger partial charge in [0, 0.05) is 13.0 Å². The van der Waals surface area contributed by atoms with Gasteiger partial charge >= 0.3 is 12.1 Å². The molecular weight excluding hydrogens is 578 g/mol. The third-order valence-corrected chi connectivity index (χ3v) is 7.42. The van der Waals surface area contributed by atoms with E-state index in [1.165, 1.54) is 12.0 Å². The van der Waals surface area contributed by atoms with Gasteiger partial charge in [0.1, 0.15) is 29.8 Å². The second-order valence-corrected chi connectivity index (χ2v) is 13.0. The topological polar surface area (TPSA) is 155 Å². The van der Waals surface area contributed by atoms with E-state index in [0.29, 0.717) is 38.6 Å². The molecule has 0 unspecified atom stereocenters. The van der Waals surface area contributed by atoms with E-state index in [2.05, 4.69) is 21.3 Å². The monoisotopic (exact) mass is 631 g/mol. The number of amides is 4. The summed E-state index contributed by atoms with van der Waals surface area (Å²) in [5, 5.41) is 11.4. The number of esters is 1. The summed E-state index contributed by atoms with van der Waals surface area (Å²) in [6.07, 6.45) is 2.77. The first-order valence-electron chi connectivity index (χ1n) is 15.9. The average molecular weight is 632 g/mol. The number of likely N-dealkylation sites (tertiary alicyclic amines) is 1. The van der Waals surface area contributed by atoms with E-state index in [-0.39, 0.29) is 18.2 Å². The van der Waals surface area contributed by atoms with E-state index in [4.69, 9.17) is 9.47 Å². The molecule has 1 fully saturated rings. The van der Waals surface area contributed by atoms with E-state index in [1.807, 2.05) is 51.2 Å². The smallest absolute Gasteiger partial charge is 0.408 e. The maximum atomic E-state index is 14.0. The van der Waals surface area contributed by atoms with Gasteiger partial charge in [0.25, 0.3) is 0 Å². The fraction of sp³-hybridized carbons (Fsp3) is 0.667. The van der Waals surface area contributed by atoms with Crippen molar-refractivity contribution in [3.8, 4) is 0 Å². The number of alkyl carbamates (subject to hydrolysis) is 1. The Morgan fingerprint density at radius 2 is 1.64 bits per heavy atom. The zero-order chi connectivity index (χ0) is 33.6. The van der Waals surface area contributed by atoms with E-state index >= 15 is 0 Å². The summed E-state index contributed by atoms with van der Waals surface area (Å²) in [6, 6.07) is 5.70. The quantitative estimate of drug-likeness (QED) is 0.160. The average Bonchev–Trinajstić information content (AvgIpc) is 3.47. The number of hydrogen-bond donors (Lipinski definition) is 4. The Morgan fingerprint density at radius 3 is 2.24 bits per heavy atom. The fourth-order valence-corrected chi connectivity index (χ4v) is 5.29. The van der Waals surface area contributed by atoms with Crippen LogP contribution in [0.15, 0.2) is 30.3 Å². The van der Waals surface area contributed by atoms with Gasteiger partial charge in [-0.25, -0.2) is 9.59 Å². The van der Waals surface area contributed by atoms with Crippen molar-refractivity contribution in [2.45, 2.75) is 109 Å². The summed E-state index contributed by atoms with van der Waals surface area (Å²) in [4.78, 5) is 67.7. The molecule has 2 rings (SSSR count). The Balaban J connectivity index is 2.22. The van der Waals surface area contributed by atoms with E-state index in [9.17, 15) is 24.0 Å². The molecular formula is C33H53N5O7. The van der Waals surface area contributed by atoms with Crippen molar-refractivity contribution in [2.24, 2.45) is 5.92 Å². The predicted octanol–water partition coefficient (Wildman–Crippen LogP) is 2.69. The van der Waals surface area contributed by atoms with Gasteiger partial charge in [0.2, 0.25) is 17.7 Å². The molecule has 1 saturated heterocycles. The normalized spacial score (nSPS) is 16.8. The molecule has 1 aromatic rings. The molecule has 4 amide bonds. The Hall–Kier alpha value is -3.67. The van der Waals surface area contributed by atoms with Gasteiger partial charge in [-0.05, 0) is 84.4 Å². The molecule has 1 aliphatic rings. The fourth-order valence-electron chi connectivity index (χ4n) is 5.29. The molecule has 45 heavy (non-hydrogen) atoms. The standard InChI is InChI=1S/C33H53N5O7/c1-22(2)20-26(36-28(39)25(21-23-14-9-8-10-15-23)37-32(43)45-33(3,4)5)30(41)38-19-13-17-27(38)29(40)35-24(31(42)44-7)16-11-12-18-34-6/h8-10,14-15,22,24-27,34H,11-13,16-21H2,1-7H3,(H,35,40)(H,36,39)(H,37,43)/t24-,25-,26-,27-/m0/s1. The van der Waals surface area contributed by atoms with Crippen LogP contribution in [0.25, 0.3) is 0 Å². The van der Waals surface area contributed by atoms with Crippen LogP contribution in [0.3, 0.4) is 0 Å². The van der Waals surface area contributed by atoms with Gasteiger partial charge in [-0.2, -0.15) is 0 Å². The van der Waals surface area contributed by atoms with Crippen molar-refractivity contribution < 1.29 is 33.4 Å². The second-order valence-electron chi connectivity index (χ2n) is 13.0. The Labute approximate surface area is 267 Å². The molecule has 1 aromatic carbocycles. The largest absolute Gasteiger partial charge is 0.467 e. The Bertz CT molecular complexity index is 1120. The van der Waals surface area contributed by atoms with Gasteiger partial charge < -0.3 is 35.6 Å². The van der Waals surface area contributed by atoms with Crippen molar-refractivity contribution in [3.63, 3.8) is 0 Å². The highest BCUT2D eigenvalue weighted by Gasteiger charge is 2.39. The van der Waals surface area contributed by atoms with E-state index in [0.717, 1.165) is 18.5 Å². The highest BCUT2D eigenvalue weighted by Crippen LogP contribution is 2.21. The van der Waals surface area contributed by atoms with Crippen LogP contribution in [-0.2, 0) is 35.1 Å². The van der Waals surface area contributed by atoms with Gasteiger partial charge in [0.05, 0.1) is 7.11 Å². The number of nitrogens with one attached hydrogen (secondary N) is 4. The van der Waals surface area contributed by atoms with Crippen LogP contribution in [0.1, 0.15) is 78.7 Å². The number of unbranched alkanes of at least 4 members (excludes halogenated alkanes) is 1. The molecule has 0 radical (unpaired) electrons. The third-order valence-electron chi connectivity index (χ3n) is 7.42. The molecule has 0 aromatic heterocycles. The third kappa shape index (κ3) is 13.1. The van der Waals surface area contributed by atoms with Crippen LogP contribution in [0.2, 0.25) is 0 Å². The molecule has 0 aliphatic carbocycles. The summed E-state index contributed by atoms with van der Waals surface area (Å²) >= 11 is 0. The van der Waals surface area contributed by atoms with Crippen LogP contribution >= 0.6 is 0 Å². The summed E-state index contributed by atoms with van der Waals surface area (Å²) < 4.78 is 10.3. The van der Waals surface area contributed by atoms with Crippen LogP contribution in [0.5, 0.6) is 0 Å². The van der Waals surface area contributed by atoms with Crippen molar-refractivity contribution in [1.29, 1.82) is 0 Å². The van der Waals surface area contributed by atoms with Gasteiger partial charge in [-0.15, -0.1) is 0 Å². The minimum absolute atomic E-state index is 0.0434. The zero-order valence-corrected chi connectivity index (χ0v) is 27.9. The lowest BCUT2D eigenvalue weighted by molar-refractivity contribution is -0.147. The second kappa shape index (κ2) is 18.3.